The van der Waals surface area contributed by atoms with Gasteiger partial charge in [0.1, 0.15) is 0 Å². The number of aryl methyl sites for hydroxylation is 1. The zero-order chi connectivity index (χ0) is 17.9. The first-order valence-corrected chi connectivity index (χ1v) is 9.36. The molecule has 3 aromatic rings. The molecule has 0 radical (unpaired) electrons. The monoisotopic (exact) mass is 366 g/mol. The van der Waals surface area contributed by atoms with Crippen molar-refractivity contribution in [3.63, 3.8) is 0 Å². The number of hydrogen-bond acceptors (Lipinski definition) is 4. The number of nitrogens with one attached hydrogen (secondary N) is 3. The standard InChI is InChI=1S/C19H18N4O2S/c24-18(21-17-11-15(22-23-17)16-4-2-8-26-16)5-1-3-12-6-7-14-13(9-12)10-19(25)20-14/h2,4,6-9,11H,1,3,5,10H2,(H,20,25)(H2,21,22,23,24). The maximum Gasteiger partial charge on any atom is 0.228 e. The van der Waals surface area contributed by atoms with Crippen LogP contribution < -0.4 is 10.6 Å². The molecule has 1 aromatic carbocycles. The molecule has 3 heterocycles. The Morgan fingerprint density at radius 1 is 1.27 bits per heavy atom. The largest absolute Gasteiger partial charge is 0.326 e. The Labute approximate surface area is 154 Å². The number of carbonyl (C=O) groups is 2. The van der Waals surface area contributed by atoms with Gasteiger partial charge in [-0.25, -0.2) is 0 Å². The molecule has 1 aliphatic heterocycles. The quantitative estimate of drug-likeness (QED) is 0.623. The number of aromatic nitrogens is 2. The van der Waals surface area contributed by atoms with Crippen LogP contribution in [0.3, 0.4) is 0 Å². The van der Waals surface area contributed by atoms with Crippen LogP contribution in [0.5, 0.6) is 0 Å². The Hall–Kier alpha value is -2.93. The number of anilines is 2. The highest BCUT2D eigenvalue weighted by Crippen LogP contribution is 2.25. The van der Waals surface area contributed by atoms with E-state index in [9.17, 15) is 9.59 Å². The summed E-state index contributed by atoms with van der Waals surface area (Å²) in [5.74, 6) is 0.533. The number of rotatable bonds is 6. The Morgan fingerprint density at radius 2 is 2.19 bits per heavy atom. The Balaban J connectivity index is 1.27. The molecule has 6 nitrogen and oxygen atoms in total. The number of nitrogens with zero attached hydrogens (tertiary/aromatic N) is 1. The Morgan fingerprint density at radius 3 is 3.04 bits per heavy atom. The van der Waals surface area contributed by atoms with Crippen LogP contribution in [0.2, 0.25) is 0 Å². The van der Waals surface area contributed by atoms with Crippen LogP contribution in [0.15, 0.2) is 41.8 Å². The number of benzene rings is 1. The van der Waals surface area contributed by atoms with E-state index in [-0.39, 0.29) is 11.8 Å². The highest BCUT2D eigenvalue weighted by atomic mass is 32.1. The number of carbonyl (C=O) groups excluding carboxylic acids is 2. The number of aromatic amines is 1. The van der Waals surface area contributed by atoms with Crippen LogP contribution in [0.25, 0.3) is 10.6 Å². The molecule has 0 bridgehead atoms. The first-order valence-electron chi connectivity index (χ1n) is 8.48. The van der Waals surface area contributed by atoms with Gasteiger partial charge in [-0.05, 0) is 41.5 Å². The average molecular weight is 366 g/mol. The van der Waals surface area contributed by atoms with Crippen LogP contribution in [-0.4, -0.2) is 22.0 Å². The van der Waals surface area contributed by atoms with Gasteiger partial charge in [-0.15, -0.1) is 11.3 Å². The van der Waals surface area contributed by atoms with E-state index in [2.05, 4.69) is 20.8 Å². The second-order valence-corrected chi connectivity index (χ2v) is 7.21. The number of amides is 2. The number of hydrogen-bond donors (Lipinski definition) is 3. The van der Waals surface area contributed by atoms with Crippen molar-refractivity contribution in [2.24, 2.45) is 0 Å². The molecule has 0 aliphatic carbocycles. The van der Waals surface area contributed by atoms with Gasteiger partial charge in [0.05, 0.1) is 17.0 Å². The topological polar surface area (TPSA) is 86.9 Å². The first-order chi connectivity index (χ1) is 12.7. The van der Waals surface area contributed by atoms with Gasteiger partial charge in [-0.1, -0.05) is 18.2 Å². The van der Waals surface area contributed by atoms with Gasteiger partial charge in [0, 0.05) is 18.2 Å². The first kappa shape index (κ1) is 16.5. The minimum absolute atomic E-state index is 0.0393. The Bertz CT molecular complexity index is 946. The summed E-state index contributed by atoms with van der Waals surface area (Å²) in [7, 11) is 0. The lowest BCUT2D eigenvalue weighted by Gasteiger charge is -2.05. The molecular weight excluding hydrogens is 348 g/mol. The molecule has 26 heavy (non-hydrogen) atoms. The highest BCUT2D eigenvalue weighted by Gasteiger charge is 2.17. The molecule has 2 amide bonds. The molecule has 2 aromatic heterocycles. The third kappa shape index (κ3) is 3.67. The van der Waals surface area contributed by atoms with Gasteiger partial charge < -0.3 is 10.6 Å². The van der Waals surface area contributed by atoms with E-state index in [1.807, 2.05) is 41.8 Å². The molecule has 1 aliphatic rings. The van der Waals surface area contributed by atoms with Crippen molar-refractivity contribution in [1.29, 1.82) is 0 Å². The van der Waals surface area contributed by atoms with Crippen molar-refractivity contribution in [2.45, 2.75) is 25.7 Å². The number of thiophene rings is 1. The predicted octanol–water partition coefficient (Wildman–Crippen LogP) is 3.59. The fraction of sp³-hybridized carbons (Fsp3) is 0.211. The number of fused-ring (bicyclic) bond motifs is 1. The zero-order valence-electron chi connectivity index (χ0n) is 14.0. The summed E-state index contributed by atoms with van der Waals surface area (Å²) in [6.45, 7) is 0. The maximum absolute atomic E-state index is 12.1. The van der Waals surface area contributed by atoms with E-state index in [0.717, 1.165) is 40.2 Å². The molecule has 3 N–H and O–H groups in total. The molecule has 0 unspecified atom stereocenters. The molecule has 4 rings (SSSR count). The lowest BCUT2D eigenvalue weighted by Crippen LogP contribution is -2.11. The summed E-state index contributed by atoms with van der Waals surface area (Å²) in [4.78, 5) is 24.6. The summed E-state index contributed by atoms with van der Waals surface area (Å²) in [6, 6.07) is 11.8. The summed E-state index contributed by atoms with van der Waals surface area (Å²) in [6.07, 6.45) is 2.41. The normalized spacial score (nSPS) is 12.7. The molecular formula is C19H18N4O2S. The molecule has 0 spiro atoms. The van der Waals surface area contributed by atoms with E-state index < -0.39 is 0 Å². The van der Waals surface area contributed by atoms with Crippen LogP contribution in [0, 0.1) is 0 Å². The van der Waals surface area contributed by atoms with Crippen molar-refractivity contribution in [3.05, 3.63) is 52.9 Å². The molecule has 0 atom stereocenters. The summed E-state index contributed by atoms with van der Waals surface area (Å²) >= 11 is 1.62. The number of H-pyrrole nitrogens is 1. The molecule has 0 saturated heterocycles. The van der Waals surface area contributed by atoms with Crippen LogP contribution in [0.1, 0.15) is 24.0 Å². The van der Waals surface area contributed by atoms with Gasteiger partial charge in [-0.3, -0.25) is 14.7 Å². The average Bonchev–Trinajstić information content (AvgIpc) is 3.33. The zero-order valence-corrected chi connectivity index (χ0v) is 14.9. The molecule has 7 heteroatoms. The van der Waals surface area contributed by atoms with E-state index in [1.54, 1.807) is 11.3 Å². The van der Waals surface area contributed by atoms with Gasteiger partial charge in [0.2, 0.25) is 11.8 Å². The summed E-state index contributed by atoms with van der Waals surface area (Å²) in [5.41, 5.74) is 3.98. The highest BCUT2D eigenvalue weighted by molar-refractivity contribution is 7.13. The van der Waals surface area contributed by atoms with Crippen molar-refractivity contribution < 1.29 is 9.59 Å². The summed E-state index contributed by atoms with van der Waals surface area (Å²) < 4.78 is 0. The lowest BCUT2D eigenvalue weighted by atomic mass is 10.0. The van der Waals surface area contributed by atoms with Gasteiger partial charge >= 0.3 is 0 Å². The minimum Gasteiger partial charge on any atom is -0.326 e. The van der Waals surface area contributed by atoms with Crippen LogP contribution >= 0.6 is 11.3 Å². The van der Waals surface area contributed by atoms with Crippen LogP contribution in [-0.2, 0) is 22.4 Å². The lowest BCUT2D eigenvalue weighted by molar-refractivity contribution is -0.116. The second kappa shape index (κ2) is 7.13. The third-order valence-corrected chi connectivity index (χ3v) is 5.20. The van der Waals surface area contributed by atoms with Crippen molar-refractivity contribution in [2.75, 3.05) is 10.6 Å². The van der Waals surface area contributed by atoms with Crippen LogP contribution in [0.4, 0.5) is 11.5 Å². The third-order valence-electron chi connectivity index (χ3n) is 4.30. The fourth-order valence-electron chi connectivity index (χ4n) is 3.04. The van der Waals surface area contributed by atoms with E-state index in [4.69, 9.17) is 0 Å². The SMILES string of the molecule is O=C(CCCc1ccc2c(c1)CC(=O)N2)Nc1cc(-c2cccs2)[nH]n1. The van der Waals surface area contributed by atoms with E-state index in [0.29, 0.717) is 18.7 Å². The second-order valence-electron chi connectivity index (χ2n) is 6.26. The van der Waals surface area contributed by atoms with E-state index in [1.165, 1.54) is 0 Å². The fourth-order valence-corrected chi connectivity index (χ4v) is 3.73. The molecule has 0 fully saturated rings. The predicted molar refractivity (Wildman–Crippen MR) is 102 cm³/mol. The summed E-state index contributed by atoms with van der Waals surface area (Å²) in [5, 5.41) is 14.7. The van der Waals surface area contributed by atoms with Gasteiger partial charge in [0.25, 0.3) is 0 Å². The molecule has 132 valence electrons. The smallest absolute Gasteiger partial charge is 0.228 e. The van der Waals surface area contributed by atoms with Crippen molar-refractivity contribution >= 4 is 34.7 Å². The minimum atomic E-state index is -0.0489. The maximum atomic E-state index is 12.1. The van der Waals surface area contributed by atoms with Gasteiger partial charge in [-0.2, -0.15) is 5.10 Å². The van der Waals surface area contributed by atoms with Crippen molar-refractivity contribution in [1.82, 2.24) is 10.2 Å². The van der Waals surface area contributed by atoms with Gasteiger partial charge in [0.15, 0.2) is 5.82 Å². The van der Waals surface area contributed by atoms with E-state index >= 15 is 0 Å². The van der Waals surface area contributed by atoms with Crippen molar-refractivity contribution in [3.8, 4) is 10.6 Å². The Kier molecular flexibility index (Phi) is 4.53. The molecule has 0 saturated carbocycles.